The maximum atomic E-state index is 12.5. The van der Waals surface area contributed by atoms with E-state index in [0.29, 0.717) is 23.7 Å². The van der Waals surface area contributed by atoms with E-state index >= 15 is 0 Å². The third-order valence-electron chi connectivity index (χ3n) is 5.70. The SMILES string of the molecule is CC1CN(Cc2ccc(C(=O)NCc3ccc(C(=O)NC4CC4)cc3)cc2)CC(C)O1. The fraction of sp³-hybridized carbons (Fsp3) is 0.440. The molecule has 2 aliphatic rings. The number of morpholine rings is 1. The zero-order valence-corrected chi connectivity index (χ0v) is 18.3. The van der Waals surface area contributed by atoms with Crippen LogP contribution in [0.4, 0.5) is 0 Å². The van der Waals surface area contributed by atoms with Crippen LogP contribution in [0.25, 0.3) is 0 Å². The summed E-state index contributed by atoms with van der Waals surface area (Å²) in [4.78, 5) is 27.0. The average Bonchev–Trinajstić information content (AvgIpc) is 3.56. The van der Waals surface area contributed by atoms with Gasteiger partial charge < -0.3 is 15.4 Å². The van der Waals surface area contributed by atoms with Gasteiger partial charge in [0.15, 0.2) is 0 Å². The molecule has 0 bridgehead atoms. The summed E-state index contributed by atoms with van der Waals surface area (Å²) in [5, 5.41) is 5.93. The minimum Gasteiger partial charge on any atom is -0.373 e. The molecule has 0 radical (unpaired) electrons. The van der Waals surface area contributed by atoms with Crippen LogP contribution in [-0.2, 0) is 17.8 Å². The molecule has 0 spiro atoms. The van der Waals surface area contributed by atoms with Gasteiger partial charge in [0.1, 0.15) is 0 Å². The van der Waals surface area contributed by atoms with E-state index in [1.54, 1.807) is 12.1 Å². The first-order valence-electron chi connectivity index (χ1n) is 11.1. The number of hydrogen-bond acceptors (Lipinski definition) is 4. The van der Waals surface area contributed by atoms with Crippen LogP contribution in [0.3, 0.4) is 0 Å². The fourth-order valence-corrected chi connectivity index (χ4v) is 3.99. The van der Waals surface area contributed by atoms with E-state index in [4.69, 9.17) is 4.74 Å². The van der Waals surface area contributed by atoms with Gasteiger partial charge in [-0.25, -0.2) is 0 Å². The quantitative estimate of drug-likeness (QED) is 0.721. The van der Waals surface area contributed by atoms with Gasteiger partial charge in [-0.1, -0.05) is 24.3 Å². The molecule has 1 aliphatic carbocycles. The summed E-state index contributed by atoms with van der Waals surface area (Å²) in [6.45, 7) is 7.34. The average molecular weight is 422 g/mol. The van der Waals surface area contributed by atoms with Crippen molar-refractivity contribution in [3.05, 3.63) is 70.8 Å². The lowest BCUT2D eigenvalue weighted by molar-refractivity contribution is -0.0704. The van der Waals surface area contributed by atoms with Crippen molar-refractivity contribution in [2.24, 2.45) is 0 Å². The molecule has 2 N–H and O–H groups in total. The second-order valence-electron chi connectivity index (χ2n) is 8.78. The molecule has 2 amide bonds. The Morgan fingerprint density at radius 2 is 1.42 bits per heavy atom. The number of carbonyl (C=O) groups excluding carboxylic acids is 2. The van der Waals surface area contributed by atoms with Gasteiger partial charge in [-0.05, 0) is 62.1 Å². The highest BCUT2D eigenvalue weighted by Gasteiger charge is 2.24. The summed E-state index contributed by atoms with van der Waals surface area (Å²) in [7, 11) is 0. The van der Waals surface area contributed by atoms with Crippen molar-refractivity contribution in [3.8, 4) is 0 Å². The van der Waals surface area contributed by atoms with E-state index in [1.165, 1.54) is 5.56 Å². The van der Waals surface area contributed by atoms with Crippen LogP contribution in [-0.4, -0.2) is 48.1 Å². The van der Waals surface area contributed by atoms with E-state index in [2.05, 4.69) is 29.4 Å². The van der Waals surface area contributed by atoms with E-state index in [-0.39, 0.29) is 24.0 Å². The predicted molar refractivity (Wildman–Crippen MR) is 120 cm³/mol. The summed E-state index contributed by atoms with van der Waals surface area (Å²) in [6.07, 6.45) is 2.64. The number of amides is 2. The molecule has 164 valence electrons. The zero-order valence-electron chi connectivity index (χ0n) is 18.3. The van der Waals surface area contributed by atoms with Crippen LogP contribution in [0, 0.1) is 0 Å². The van der Waals surface area contributed by atoms with E-state index < -0.39 is 0 Å². The second-order valence-corrected chi connectivity index (χ2v) is 8.78. The first-order valence-corrected chi connectivity index (χ1v) is 11.1. The highest BCUT2D eigenvalue weighted by Crippen LogP contribution is 2.19. The first-order chi connectivity index (χ1) is 15.0. The number of nitrogens with one attached hydrogen (secondary N) is 2. The van der Waals surface area contributed by atoms with Gasteiger partial charge >= 0.3 is 0 Å². The molecule has 1 heterocycles. The van der Waals surface area contributed by atoms with Crippen molar-refractivity contribution < 1.29 is 14.3 Å². The number of ether oxygens (including phenoxy) is 1. The number of benzene rings is 2. The number of nitrogens with zero attached hydrogens (tertiary/aromatic N) is 1. The van der Waals surface area contributed by atoms with Gasteiger partial charge in [-0.2, -0.15) is 0 Å². The zero-order chi connectivity index (χ0) is 21.8. The van der Waals surface area contributed by atoms with Crippen LogP contribution in [0.1, 0.15) is 58.5 Å². The smallest absolute Gasteiger partial charge is 0.251 e. The monoisotopic (exact) mass is 421 g/mol. The standard InChI is InChI=1S/C25H31N3O3/c1-17-14-28(15-18(2)31-17)16-20-5-9-21(10-6-20)24(29)26-13-19-3-7-22(8-4-19)25(30)27-23-11-12-23/h3-10,17-18,23H,11-16H2,1-2H3,(H,26,29)(H,27,30). The Kier molecular flexibility index (Phi) is 6.68. The highest BCUT2D eigenvalue weighted by molar-refractivity contribution is 5.95. The first kappa shape index (κ1) is 21.5. The second kappa shape index (κ2) is 9.62. The van der Waals surface area contributed by atoms with E-state index in [9.17, 15) is 9.59 Å². The Morgan fingerprint density at radius 3 is 2.00 bits per heavy atom. The lowest BCUT2D eigenvalue weighted by Gasteiger charge is -2.35. The lowest BCUT2D eigenvalue weighted by atomic mass is 10.1. The maximum Gasteiger partial charge on any atom is 0.251 e. The molecular weight excluding hydrogens is 390 g/mol. The third kappa shape index (κ3) is 6.15. The molecule has 2 unspecified atom stereocenters. The Bertz CT molecular complexity index is 897. The summed E-state index contributed by atoms with van der Waals surface area (Å²) in [5.74, 6) is -0.130. The van der Waals surface area contributed by atoms with Gasteiger partial charge in [-0.3, -0.25) is 14.5 Å². The molecule has 2 atom stereocenters. The maximum absolute atomic E-state index is 12.5. The molecule has 6 heteroatoms. The molecule has 6 nitrogen and oxygen atoms in total. The highest BCUT2D eigenvalue weighted by atomic mass is 16.5. The molecule has 31 heavy (non-hydrogen) atoms. The van der Waals surface area contributed by atoms with Crippen molar-refractivity contribution in [1.82, 2.24) is 15.5 Å². The normalized spacial score (nSPS) is 21.5. The van der Waals surface area contributed by atoms with Crippen molar-refractivity contribution in [1.29, 1.82) is 0 Å². The Labute approximate surface area is 184 Å². The molecule has 1 aliphatic heterocycles. The van der Waals surface area contributed by atoms with E-state index in [1.807, 2.05) is 36.4 Å². The topological polar surface area (TPSA) is 70.7 Å². The third-order valence-corrected chi connectivity index (χ3v) is 5.70. The van der Waals surface area contributed by atoms with Crippen LogP contribution < -0.4 is 10.6 Å². The Hall–Kier alpha value is -2.70. The number of rotatable bonds is 7. The largest absolute Gasteiger partial charge is 0.373 e. The number of carbonyl (C=O) groups is 2. The van der Waals surface area contributed by atoms with Crippen LogP contribution in [0.15, 0.2) is 48.5 Å². The van der Waals surface area contributed by atoms with Gasteiger partial charge in [0.2, 0.25) is 0 Å². The van der Waals surface area contributed by atoms with Gasteiger partial charge in [0, 0.05) is 43.3 Å². The van der Waals surface area contributed by atoms with Crippen LogP contribution in [0.2, 0.25) is 0 Å². The van der Waals surface area contributed by atoms with Crippen LogP contribution >= 0.6 is 0 Å². The van der Waals surface area contributed by atoms with Gasteiger partial charge in [-0.15, -0.1) is 0 Å². The molecule has 4 rings (SSSR count). The Balaban J connectivity index is 1.26. The van der Waals surface area contributed by atoms with Crippen molar-refractivity contribution in [3.63, 3.8) is 0 Å². The minimum atomic E-state index is -0.101. The molecule has 1 saturated heterocycles. The molecular formula is C25H31N3O3. The predicted octanol–water partition coefficient (Wildman–Crippen LogP) is 3.12. The minimum absolute atomic E-state index is 0.0285. The summed E-state index contributed by atoms with van der Waals surface area (Å²) >= 11 is 0. The number of hydrogen-bond donors (Lipinski definition) is 2. The fourth-order valence-electron chi connectivity index (χ4n) is 3.99. The lowest BCUT2D eigenvalue weighted by Crippen LogP contribution is -2.44. The molecule has 2 aromatic carbocycles. The summed E-state index contributed by atoms with van der Waals surface area (Å²) < 4.78 is 5.79. The van der Waals surface area contributed by atoms with Crippen molar-refractivity contribution in [2.75, 3.05) is 13.1 Å². The van der Waals surface area contributed by atoms with E-state index in [0.717, 1.165) is 38.0 Å². The van der Waals surface area contributed by atoms with Crippen LogP contribution in [0.5, 0.6) is 0 Å². The Morgan fingerprint density at radius 1 is 0.871 bits per heavy atom. The van der Waals surface area contributed by atoms with Gasteiger partial charge in [0.05, 0.1) is 12.2 Å². The molecule has 2 aromatic rings. The van der Waals surface area contributed by atoms with Crippen molar-refractivity contribution >= 4 is 11.8 Å². The van der Waals surface area contributed by atoms with Gasteiger partial charge in [0.25, 0.3) is 11.8 Å². The molecule has 0 aromatic heterocycles. The summed E-state index contributed by atoms with van der Waals surface area (Å²) in [5.41, 5.74) is 3.45. The van der Waals surface area contributed by atoms with Crippen molar-refractivity contribution in [2.45, 2.75) is 58.0 Å². The summed E-state index contributed by atoms with van der Waals surface area (Å²) in [6, 6.07) is 15.5. The molecule has 2 fully saturated rings. The molecule has 1 saturated carbocycles.